The summed E-state index contributed by atoms with van der Waals surface area (Å²) in [6.07, 6.45) is -0.553. The average molecular weight is 473 g/mol. The lowest BCUT2D eigenvalue weighted by atomic mass is 9.98. The number of hydrogen-bond donors (Lipinski definition) is 3. The highest BCUT2D eigenvalue weighted by Crippen LogP contribution is 2.44. The standard InChI is InChI=1S/C28H28N2O5/c1-28(2,26(32)33)30-25(31)24(16-18-10-4-3-5-11-18)29-27(34)35-17-23-21-14-8-6-12-19(21)20-13-7-9-15-22(20)23/h3-15,23-24H,16-17H2,1-2H3,(H,29,34)(H,30,31)(H,32,33). The number of nitrogens with one attached hydrogen (secondary N) is 2. The summed E-state index contributed by atoms with van der Waals surface area (Å²) in [6, 6.07) is 24.2. The first-order valence-corrected chi connectivity index (χ1v) is 11.5. The summed E-state index contributed by atoms with van der Waals surface area (Å²) in [5.41, 5.74) is 3.74. The van der Waals surface area contributed by atoms with E-state index in [0.717, 1.165) is 27.8 Å². The van der Waals surface area contributed by atoms with Crippen molar-refractivity contribution in [2.75, 3.05) is 6.61 Å². The molecule has 3 aromatic carbocycles. The second-order valence-corrected chi connectivity index (χ2v) is 9.13. The Balaban J connectivity index is 1.47. The normalized spacial score (nSPS) is 13.3. The van der Waals surface area contributed by atoms with Crippen LogP contribution in [-0.2, 0) is 20.7 Å². The number of carboxylic acids is 1. The van der Waals surface area contributed by atoms with Crippen molar-refractivity contribution in [1.82, 2.24) is 10.6 Å². The van der Waals surface area contributed by atoms with Gasteiger partial charge in [0.15, 0.2) is 0 Å². The van der Waals surface area contributed by atoms with Gasteiger partial charge in [-0.15, -0.1) is 0 Å². The number of benzene rings is 3. The largest absolute Gasteiger partial charge is 0.480 e. The zero-order valence-corrected chi connectivity index (χ0v) is 19.7. The summed E-state index contributed by atoms with van der Waals surface area (Å²) in [5.74, 6) is -1.89. The zero-order chi connectivity index (χ0) is 25.0. The Morgan fingerprint density at radius 2 is 1.43 bits per heavy atom. The van der Waals surface area contributed by atoms with Crippen LogP contribution in [0, 0.1) is 0 Å². The minimum atomic E-state index is -1.49. The fraction of sp³-hybridized carbons (Fsp3) is 0.250. The van der Waals surface area contributed by atoms with Gasteiger partial charge < -0.3 is 20.5 Å². The first-order valence-electron chi connectivity index (χ1n) is 11.5. The van der Waals surface area contributed by atoms with Gasteiger partial charge in [-0.2, -0.15) is 0 Å². The number of rotatable bonds is 8. The Morgan fingerprint density at radius 3 is 2.00 bits per heavy atom. The van der Waals surface area contributed by atoms with Crippen LogP contribution in [0.5, 0.6) is 0 Å². The second kappa shape index (κ2) is 10.0. The summed E-state index contributed by atoms with van der Waals surface area (Å²) >= 11 is 0. The maximum atomic E-state index is 12.9. The third-order valence-corrected chi connectivity index (χ3v) is 6.21. The molecule has 0 spiro atoms. The van der Waals surface area contributed by atoms with Gasteiger partial charge in [-0.05, 0) is 41.7 Å². The van der Waals surface area contributed by atoms with E-state index in [1.807, 2.05) is 66.7 Å². The monoisotopic (exact) mass is 472 g/mol. The molecule has 1 aliphatic carbocycles. The molecule has 1 unspecified atom stereocenters. The molecular weight excluding hydrogens is 444 g/mol. The maximum Gasteiger partial charge on any atom is 0.407 e. The number of carbonyl (C=O) groups is 3. The van der Waals surface area contributed by atoms with Gasteiger partial charge >= 0.3 is 12.1 Å². The molecule has 2 amide bonds. The van der Waals surface area contributed by atoms with E-state index in [9.17, 15) is 19.5 Å². The SMILES string of the molecule is CC(C)(NC(=O)C(Cc1ccccc1)NC(=O)OCC1c2ccccc2-c2ccccc21)C(=O)O. The van der Waals surface area contributed by atoms with E-state index in [4.69, 9.17) is 4.74 Å². The molecule has 0 aliphatic heterocycles. The number of ether oxygens (including phenoxy) is 1. The van der Waals surface area contributed by atoms with E-state index in [0.29, 0.717) is 0 Å². The quantitative estimate of drug-likeness (QED) is 0.458. The van der Waals surface area contributed by atoms with Gasteiger partial charge in [0.2, 0.25) is 5.91 Å². The van der Waals surface area contributed by atoms with Crippen molar-refractivity contribution in [3.05, 3.63) is 95.6 Å². The molecule has 0 radical (unpaired) electrons. The lowest BCUT2D eigenvalue weighted by Crippen LogP contribution is -2.57. The van der Waals surface area contributed by atoms with Crippen molar-refractivity contribution in [2.45, 2.75) is 37.8 Å². The average Bonchev–Trinajstić information content (AvgIpc) is 3.16. The molecule has 0 heterocycles. The van der Waals surface area contributed by atoms with Crippen LogP contribution in [0.3, 0.4) is 0 Å². The fourth-order valence-corrected chi connectivity index (χ4v) is 4.29. The van der Waals surface area contributed by atoms with Gasteiger partial charge in [-0.3, -0.25) is 4.79 Å². The molecule has 3 aromatic rings. The summed E-state index contributed by atoms with van der Waals surface area (Å²) in [7, 11) is 0. The number of alkyl carbamates (subject to hydrolysis) is 1. The van der Waals surface area contributed by atoms with Gasteiger partial charge in [0.05, 0.1) is 0 Å². The van der Waals surface area contributed by atoms with E-state index in [1.165, 1.54) is 13.8 Å². The summed E-state index contributed by atoms with van der Waals surface area (Å²) in [5, 5.41) is 14.5. The topological polar surface area (TPSA) is 105 Å². The molecular formula is C28H28N2O5. The third kappa shape index (κ3) is 5.35. The van der Waals surface area contributed by atoms with Crippen molar-refractivity contribution in [2.24, 2.45) is 0 Å². The van der Waals surface area contributed by atoms with Crippen molar-refractivity contribution >= 4 is 18.0 Å². The van der Waals surface area contributed by atoms with E-state index in [-0.39, 0.29) is 18.9 Å². The maximum absolute atomic E-state index is 12.9. The van der Waals surface area contributed by atoms with Gasteiger partial charge in [0, 0.05) is 12.3 Å². The Labute approximate surface area is 204 Å². The van der Waals surface area contributed by atoms with E-state index >= 15 is 0 Å². The Kier molecular flexibility index (Phi) is 6.87. The molecule has 0 fully saturated rings. The first kappa shape index (κ1) is 24.0. The van der Waals surface area contributed by atoms with Crippen LogP contribution in [0.2, 0.25) is 0 Å². The minimum Gasteiger partial charge on any atom is -0.480 e. The molecule has 7 heteroatoms. The van der Waals surface area contributed by atoms with Crippen molar-refractivity contribution < 1.29 is 24.2 Å². The minimum absolute atomic E-state index is 0.111. The van der Waals surface area contributed by atoms with Crippen molar-refractivity contribution in [1.29, 1.82) is 0 Å². The highest BCUT2D eigenvalue weighted by molar-refractivity contribution is 5.91. The van der Waals surface area contributed by atoms with Crippen LogP contribution >= 0.6 is 0 Å². The molecule has 1 aliphatic rings. The number of carboxylic acid groups (broad SMARTS) is 1. The van der Waals surface area contributed by atoms with Gasteiger partial charge in [0.1, 0.15) is 18.2 Å². The van der Waals surface area contributed by atoms with E-state index in [1.54, 1.807) is 0 Å². The third-order valence-electron chi connectivity index (χ3n) is 6.21. The smallest absolute Gasteiger partial charge is 0.407 e. The zero-order valence-electron chi connectivity index (χ0n) is 19.7. The van der Waals surface area contributed by atoms with Crippen LogP contribution in [0.4, 0.5) is 4.79 Å². The fourth-order valence-electron chi connectivity index (χ4n) is 4.29. The van der Waals surface area contributed by atoms with Gasteiger partial charge in [-0.25, -0.2) is 9.59 Å². The molecule has 0 bridgehead atoms. The van der Waals surface area contributed by atoms with Crippen LogP contribution in [0.1, 0.15) is 36.5 Å². The number of amides is 2. The Hall–Kier alpha value is -4.13. The predicted molar refractivity (Wildman–Crippen MR) is 132 cm³/mol. The number of hydrogen-bond acceptors (Lipinski definition) is 4. The molecule has 0 saturated heterocycles. The highest BCUT2D eigenvalue weighted by atomic mass is 16.5. The summed E-state index contributed by atoms with van der Waals surface area (Å²) < 4.78 is 5.59. The van der Waals surface area contributed by atoms with Crippen molar-refractivity contribution in [3.8, 4) is 11.1 Å². The molecule has 1 atom stereocenters. The van der Waals surface area contributed by atoms with Crippen molar-refractivity contribution in [3.63, 3.8) is 0 Å². The number of fused-ring (bicyclic) bond motifs is 3. The molecule has 0 saturated carbocycles. The van der Waals surface area contributed by atoms with Gasteiger partial charge in [0.25, 0.3) is 0 Å². The van der Waals surface area contributed by atoms with E-state index in [2.05, 4.69) is 22.8 Å². The lowest BCUT2D eigenvalue weighted by molar-refractivity contribution is -0.146. The van der Waals surface area contributed by atoms with E-state index < -0.39 is 29.6 Å². The number of carbonyl (C=O) groups excluding carboxylic acids is 2. The number of aliphatic carboxylic acids is 1. The molecule has 7 nitrogen and oxygen atoms in total. The summed E-state index contributed by atoms with van der Waals surface area (Å²) in [4.78, 5) is 37.2. The molecule has 180 valence electrons. The first-order chi connectivity index (χ1) is 16.8. The predicted octanol–water partition coefficient (Wildman–Crippen LogP) is 4.12. The molecule has 35 heavy (non-hydrogen) atoms. The van der Waals surface area contributed by atoms with Crippen LogP contribution in [0.15, 0.2) is 78.9 Å². The second-order valence-electron chi connectivity index (χ2n) is 9.13. The molecule has 3 N–H and O–H groups in total. The molecule has 4 rings (SSSR count). The Bertz CT molecular complexity index is 1190. The Morgan fingerprint density at radius 1 is 0.886 bits per heavy atom. The van der Waals surface area contributed by atoms with Crippen LogP contribution < -0.4 is 10.6 Å². The molecule has 0 aromatic heterocycles. The highest BCUT2D eigenvalue weighted by Gasteiger charge is 2.33. The van der Waals surface area contributed by atoms with Crippen LogP contribution in [-0.4, -0.2) is 41.3 Å². The van der Waals surface area contributed by atoms with Crippen LogP contribution in [0.25, 0.3) is 11.1 Å². The van der Waals surface area contributed by atoms with Gasteiger partial charge in [-0.1, -0.05) is 78.9 Å². The lowest BCUT2D eigenvalue weighted by Gasteiger charge is -2.25. The summed E-state index contributed by atoms with van der Waals surface area (Å²) in [6.45, 7) is 2.89.